The second kappa shape index (κ2) is 9.45. The average Bonchev–Trinajstić information content (AvgIpc) is 2.74. The average molecular weight is 451 g/mol. The van der Waals surface area contributed by atoms with E-state index in [2.05, 4.69) is 0 Å². The molecule has 0 saturated carbocycles. The van der Waals surface area contributed by atoms with Crippen molar-refractivity contribution in [3.63, 3.8) is 0 Å². The van der Waals surface area contributed by atoms with Crippen molar-refractivity contribution >= 4 is 11.8 Å². The number of aromatic carboxylic acids is 1. The summed E-state index contributed by atoms with van der Waals surface area (Å²) in [5, 5.41) is 19.7. The van der Waals surface area contributed by atoms with Crippen molar-refractivity contribution < 1.29 is 28.9 Å². The number of ketones is 1. The monoisotopic (exact) mass is 450 g/mol. The van der Waals surface area contributed by atoms with Gasteiger partial charge in [-0.1, -0.05) is 45.0 Å². The Bertz CT molecular complexity index is 1210. The van der Waals surface area contributed by atoms with Gasteiger partial charge in [-0.15, -0.1) is 0 Å². The van der Waals surface area contributed by atoms with E-state index in [-0.39, 0.29) is 34.7 Å². The minimum absolute atomic E-state index is 0.0805. The molecule has 3 aromatic carbocycles. The van der Waals surface area contributed by atoms with Crippen LogP contribution in [-0.2, 0) is 6.61 Å². The van der Waals surface area contributed by atoms with Crippen LogP contribution in [0.25, 0.3) is 11.1 Å². The van der Waals surface area contributed by atoms with Gasteiger partial charge in [0.15, 0.2) is 5.78 Å². The van der Waals surface area contributed by atoms with Gasteiger partial charge in [-0.05, 0) is 59.4 Å². The van der Waals surface area contributed by atoms with Crippen LogP contribution in [0.5, 0.6) is 11.5 Å². The van der Waals surface area contributed by atoms with Crippen LogP contribution in [0.1, 0.15) is 59.0 Å². The largest absolute Gasteiger partial charge is 0.507 e. The zero-order chi connectivity index (χ0) is 24.3. The normalized spacial score (nSPS) is 11.3. The first-order valence-electron chi connectivity index (χ1n) is 10.6. The molecule has 3 rings (SSSR count). The third kappa shape index (κ3) is 5.77. The zero-order valence-electron chi connectivity index (χ0n) is 19.1. The van der Waals surface area contributed by atoms with Crippen LogP contribution in [0.3, 0.4) is 0 Å². The number of hydrogen-bond acceptors (Lipinski definition) is 4. The summed E-state index contributed by atoms with van der Waals surface area (Å²) in [4.78, 5) is 23.7. The minimum Gasteiger partial charge on any atom is -0.507 e. The van der Waals surface area contributed by atoms with Crippen molar-refractivity contribution in [2.45, 2.75) is 40.7 Å². The summed E-state index contributed by atoms with van der Waals surface area (Å²) >= 11 is 0. The van der Waals surface area contributed by atoms with Gasteiger partial charge < -0.3 is 14.9 Å². The number of benzene rings is 3. The Hall–Kier alpha value is -3.67. The zero-order valence-corrected chi connectivity index (χ0v) is 19.1. The van der Waals surface area contributed by atoms with Crippen LogP contribution in [0.4, 0.5) is 4.39 Å². The molecule has 0 atom stereocenters. The summed E-state index contributed by atoms with van der Waals surface area (Å²) in [6.07, 6.45) is 0.319. The fraction of sp³-hybridized carbons (Fsp3) is 0.259. The van der Waals surface area contributed by atoms with Crippen molar-refractivity contribution in [3.8, 4) is 22.6 Å². The first-order valence-corrected chi connectivity index (χ1v) is 10.6. The molecule has 0 aliphatic rings. The van der Waals surface area contributed by atoms with Crippen molar-refractivity contribution in [1.82, 2.24) is 0 Å². The van der Waals surface area contributed by atoms with Gasteiger partial charge in [0.2, 0.25) is 0 Å². The standard InChI is InChI=1S/C27H27FO5/c1-16-24(11-9-20(25(16)30)23(29)14-27(2,3)4)33-15-17-6-5-7-18(12-17)19-8-10-22(28)21(13-19)26(31)32/h5-13,30H,14-15H2,1-4H3,(H,31,32). The summed E-state index contributed by atoms with van der Waals surface area (Å²) in [6.45, 7) is 7.79. The third-order valence-corrected chi connectivity index (χ3v) is 5.22. The van der Waals surface area contributed by atoms with E-state index in [1.165, 1.54) is 12.1 Å². The highest BCUT2D eigenvalue weighted by Crippen LogP contribution is 2.34. The lowest BCUT2D eigenvalue weighted by Gasteiger charge is -2.18. The molecule has 0 fully saturated rings. The van der Waals surface area contributed by atoms with Gasteiger partial charge in [0.1, 0.15) is 23.9 Å². The summed E-state index contributed by atoms with van der Waals surface area (Å²) in [6, 6.07) is 14.5. The number of phenolic OH excluding ortho intramolecular Hbond substituents is 1. The van der Waals surface area contributed by atoms with E-state index in [0.717, 1.165) is 17.2 Å². The smallest absolute Gasteiger partial charge is 0.338 e. The van der Waals surface area contributed by atoms with Crippen LogP contribution < -0.4 is 4.74 Å². The molecule has 0 aliphatic carbocycles. The highest BCUT2D eigenvalue weighted by atomic mass is 19.1. The first-order chi connectivity index (χ1) is 15.5. The molecule has 0 bridgehead atoms. The number of carbonyl (C=O) groups excluding carboxylic acids is 1. The quantitative estimate of drug-likeness (QED) is 0.407. The van der Waals surface area contributed by atoms with Gasteiger partial charge in [-0.25, -0.2) is 9.18 Å². The Morgan fingerprint density at radius 1 is 0.970 bits per heavy atom. The number of halogens is 1. The summed E-state index contributed by atoms with van der Waals surface area (Å²) in [7, 11) is 0. The summed E-state index contributed by atoms with van der Waals surface area (Å²) in [5.74, 6) is -1.86. The Balaban J connectivity index is 1.79. The molecule has 0 spiro atoms. The van der Waals surface area contributed by atoms with Gasteiger partial charge in [0, 0.05) is 12.0 Å². The predicted octanol–water partition coefficient (Wildman–Crippen LogP) is 6.40. The van der Waals surface area contributed by atoms with E-state index in [1.54, 1.807) is 31.2 Å². The van der Waals surface area contributed by atoms with Crippen molar-refractivity contribution in [3.05, 3.63) is 82.7 Å². The predicted molar refractivity (Wildman–Crippen MR) is 124 cm³/mol. The molecule has 3 aromatic rings. The maximum absolute atomic E-state index is 13.7. The van der Waals surface area contributed by atoms with E-state index in [9.17, 15) is 19.1 Å². The second-order valence-electron chi connectivity index (χ2n) is 9.23. The second-order valence-corrected chi connectivity index (χ2v) is 9.23. The van der Waals surface area contributed by atoms with E-state index in [0.29, 0.717) is 23.3 Å². The molecule has 0 aliphatic heterocycles. The van der Waals surface area contributed by atoms with Crippen molar-refractivity contribution in [1.29, 1.82) is 0 Å². The molecule has 0 saturated heterocycles. The molecule has 0 aromatic heterocycles. The lowest BCUT2D eigenvalue weighted by Crippen LogP contribution is -2.13. The van der Waals surface area contributed by atoms with E-state index >= 15 is 0 Å². The molecule has 0 amide bonds. The van der Waals surface area contributed by atoms with E-state index < -0.39 is 11.8 Å². The van der Waals surface area contributed by atoms with Crippen LogP contribution >= 0.6 is 0 Å². The van der Waals surface area contributed by atoms with Crippen LogP contribution in [0.2, 0.25) is 0 Å². The maximum atomic E-state index is 13.7. The number of rotatable bonds is 7. The molecule has 0 heterocycles. The highest BCUT2D eigenvalue weighted by Gasteiger charge is 2.21. The molecular formula is C27H27FO5. The number of carbonyl (C=O) groups is 2. The SMILES string of the molecule is Cc1c(OCc2cccc(-c3ccc(F)c(C(=O)O)c3)c2)ccc(C(=O)CC(C)(C)C)c1O. The number of phenols is 1. The topological polar surface area (TPSA) is 83.8 Å². The molecule has 6 heteroatoms. The fourth-order valence-corrected chi connectivity index (χ4v) is 3.51. The highest BCUT2D eigenvalue weighted by molar-refractivity contribution is 5.99. The summed E-state index contributed by atoms with van der Waals surface area (Å²) in [5.41, 5.74) is 2.29. The van der Waals surface area contributed by atoms with Gasteiger partial charge in [0.25, 0.3) is 0 Å². The number of Topliss-reactive ketones (excluding diaryl/α,β-unsaturated/α-hetero) is 1. The number of ether oxygens (including phenoxy) is 1. The van der Waals surface area contributed by atoms with Gasteiger partial charge in [0.05, 0.1) is 11.1 Å². The first kappa shape index (κ1) is 24.0. The fourth-order valence-electron chi connectivity index (χ4n) is 3.51. The molecule has 172 valence electrons. The molecule has 2 N–H and O–H groups in total. The molecular weight excluding hydrogens is 423 g/mol. The van der Waals surface area contributed by atoms with Gasteiger partial charge in [-0.3, -0.25) is 4.79 Å². The maximum Gasteiger partial charge on any atom is 0.338 e. The van der Waals surface area contributed by atoms with E-state index in [4.69, 9.17) is 9.84 Å². The van der Waals surface area contributed by atoms with Gasteiger partial charge in [-0.2, -0.15) is 0 Å². The number of aromatic hydroxyl groups is 1. The Morgan fingerprint density at radius 2 is 1.67 bits per heavy atom. The Morgan fingerprint density at radius 3 is 2.33 bits per heavy atom. The number of carboxylic acid groups (broad SMARTS) is 1. The third-order valence-electron chi connectivity index (χ3n) is 5.22. The van der Waals surface area contributed by atoms with E-state index in [1.807, 2.05) is 32.9 Å². The molecule has 5 nitrogen and oxygen atoms in total. The number of hydrogen-bond donors (Lipinski definition) is 2. The summed E-state index contributed by atoms with van der Waals surface area (Å²) < 4.78 is 19.6. The molecule has 33 heavy (non-hydrogen) atoms. The molecule has 0 unspecified atom stereocenters. The van der Waals surface area contributed by atoms with Crippen molar-refractivity contribution in [2.24, 2.45) is 5.41 Å². The van der Waals surface area contributed by atoms with Crippen molar-refractivity contribution in [2.75, 3.05) is 0 Å². The van der Waals surface area contributed by atoms with Crippen LogP contribution in [-0.4, -0.2) is 22.0 Å². The Labute approximate surface area is 192 Å². The minimum atomic E-state index is -1.33. The lowest BCUT2D eigenvalue weighted by atomic mass is 9.87. The van der Waals surface area contributed by atoms with Crippen LogP contribution in [0, 0.1) is 18.2 Å². The van der Waals surface area contributed by atoms with Crippen LogP contribution in [0.15, 0.2) is 54.6 Å². The lowest BCUT2D eigenvalue weighted by molar-refractivity contribution is 0.0691. The van der Waals surface area contributed by atoms with Gasteiger partial charge >= 0.3 is 5.97 Å². The number of carboxylic acids is 1. The Kier molecular flexibility index (Phi) is 6.86. The molecule has 0 radical (unpaired) electrons.